The third-order valence-corrected chi connectivity index (χ3v) is 6.59. The van der Waals surface area contributed by atoms with Crippen molar-refractivity contribution < 1.29 is 0 Å². The molecule has 4 aromatic rings. The summed E-state index contributed by atoms with van der Waals surface area (Å²) < 4.78 is 0. The number of likely N-dealkylation sites (N-methyl/N-ethyl adjacent to an activating group) is 1. The zero-order chi connectivity index (χ0) is 20.5. The summed E-state index contributed by atoms with van der Waals surface area (Å²) in [6.07, 6.45) is 4.01. The quantitative estimate of drug-likeness (QED) is 0.487. The van der Waals surface area contributed by atoms with E-state index in [1.165, 1.54) is 16.1 Å². The molecule has 0 unspecified atom stereocenters. The summed E-state index contributed by atoms with van der Waals surface area (Å²) in [5.74, 6) is 0. The second-order valence-electron chi connectivity index (χ2n) is 7.76. The van der Waals surface area contributed by atoms with E-state index in [1.807, 2.05) is 6.20 Å². The Morgan fingerprint density at radius 1 is 0.867 bits per heavy atom. The molecule has 1 fully saturated rings. The van der Waals surface area contributed by atoms with Crippen molar-refractivity contribution in [2.75, 3.05) is 44.4 Å². The van der Waals surface area contributed by atoms with Crippen molar-refractivity contribution in [1.29, 1.82) is 0 Å². The maximum Gasteiger partial charge on any atom is 0.155 e. The van der Waals surface area contributed by atoms with Gasteiger partial charge >= 0.3 is 0 Å². The van der Waals surface area contributed by atoms with Crippen molar-refractivity contribution in [3.8, 4) is 22.4 Å². The average molecular weight is 416 g/mol. The van der Waals surface area contributed by atoms with Crippen LogP contribution in [-0.4, -0.2) is 59.6 Å². The van der Waals surface area contributed by atoms with Gasteiger partial charge in [0.2, 0.25) is 0 Å². The zero-order valence-corrected chi connectivity index (χ0v) is 18.1. The highest BCUT2D eigenvalue weighted by Gasteiger charge is 2.15. The zero-order valence-electron chi connectivity index (χ0n) is 17.3. The Bertz CT molecular complexity index is 1140. The second kappa shape index (κ2) is 8.13. The molecule has 152 valence electrons. The molecule has 0 aliphatic carbocycles. The molecule has 0 radical (unpaired) electrons. The molecule has 3 heterocycles. The Morgan fingerprint density at radius 2 is 1.57 bits per heavy atom. The molecule has 0 saturated carbocycles. The summed E-state index contributed by atoms with van der Waals surface area (Å²) >= 11 is 1.74. The van der Waals surface area contributed by atoms with E-state index in [4.69, 9.17) is 0 Å². The first-order valence-electron chi connectivity index (χ1n) is 10.2. The van der Waals surface area contributed by atoms with E-state index < -0.39 is 0 Å². The molecule has 0 atom stereocenters. The molecule has 1 saturated heterocycles. The fraction of sp³-hybridized carbons (Fsp3) is 0.250. The summed E-state index contributed by atoms with van der Waals surface area (Å²) in [4.78, 5) is 10.7. The van der Waals surface area contributed by atoms with Crippen LogP contribution in [0.25, 0.3) is 33.4 Å². The number of pyridine rings is 1. The minimum absolute atomic E-state index is 0.816. The van der Waals surface area contributed by atoms with Gasteiger partial charge in [0.25, 0.3) is 0 Å². The number of thioether (sulfide) groups is 1. The summed E-state index contributed by atoms with van der Waals surface area (Å²) in [6, 6.07) is 19.5. The molecule has 30 heavy (non-hydrogen) atoms. The highest BCUT2D eigenvalue weighted by Crippen LogP contribution is 2.31. The summed E-state index contributed by atoms with van der Waals surface area (Å²) in [5.41, 5.74) is 6.43. The lowest BCUT2D eigenvalue weighted by Crippen LogP contribution is -2.44. The van der Waals surface area contributed by atoms with E-state index in [-0.39, 0.29) is 0 Å². The Labute approximate surface area is 181 Å². The molecule has 0 amide bonds. The number of rotatable bonds is 4. The Hall–Kier alpha value is -2.83. The van der Waals surface area contributed by atoms with E-state index in [9.17, 15) is 0 Å². The van der Waals surface area contributed by atoms with Crippen LogP contribution < -0.4 is 4.90 Å². The molecule has 1 aliphatic rings. The number of fused-ring (bicyclic) bond motifs is 1. The molecular formula is C24H25N5S. The predicted octanol–water partition coefficient (Wildman–Crippen LogP) is 4.77. The molecule has 1 N–H and O–H groups in total. The topological polar surface area (TPSA) is 48.1 Å². The monoisotopic (exact) mass is 415 g/mol. The van der Waals surface area contributed by atoms with Gasteiger partial charge in [-0.2, -0.15) is 5.10 Å². The first-order valence-corrected chi connectivity index (χ1v) is 11.5. The summed E-state index contributed by atoms with van der Waals surface area (Å²) in [5, 5.41) is 8.65. The van der Waals surface area contributed by atoms with Gasteiger partial charge in [0, 0.05) is 59.5 Å². The van der Waals surface area contributed by atoms with Gasteiger partial charge in [0.05, 0.1) is 0 Å². The van der Waals surface area contributed by atoms with Crippen LogP contribution in [0.3, 0.4) is 0 Å². The van der Waals surface area contributed by atoms with Crippen LogP contribution in [0, 0.1) is 0 Å². The summed E-state index contributed by atoms with van der Waals surface area (Å²) in [7, 11) is 2.19. The van der Waals surface area contributed by atoms with Crippen LogP contribution in [0.1, 0.15) is 0 Å². The Balaban J connectivity index is 1.44. The minimum Gasteiger partial charge on any atom is -0.369 e. The Morgan fingerprint density at radius 3 is 2.27 bits per heavy atom. The third-order valence-electron chi connectivity index (χ3n) is 5.85. The minimum atomic E-state index is 0.816. The van der Waals surface area contributed by atoms with E-state index in [1.54, 1.807) is 11.8 Å². The largest absolute Gasteiger partial charge is 0.369 e. The van der Waals surface area contributed by atoms with Crippen LogP contribution in [0.5, 0.6) is 0 Å². The van der Waals surface area contributed by atoms with Gasteiger partial charge in [-0.3, -0.25) is 5.10 Å². The number of hydrogen-bond acceptors (Lipinski definition) is 5. The lowest BCUT2D eigenvalue weighted by Gasteiger charge is -2.34. The van der Waals surface area contributed by atoms with Crippen molar-refractivity contribution in [1.82, 2.24) is 20.1 Å². The van der Waals surface area contributed by atoms with Crippen molar-refractivity contribution in [3.63, 3.8) is 0 Å². The Kier molecular flexibility index (Phi) is 5.19. The fourth-order valence-corrected chi connectivity index (χ4v) is 4.37. The molecule has 5 rings (SSSR count). The third kappa shape index (κ3) is 3.68. The smallest absolute Gasteiger partial charge is 0.155 e. The molecule has 1 aliphatic heterocycles. The number of aromatic nitrogens is 3. The molecule has 2 aromatic carbocycles. The number of hydrogen-bond donors (Lipinski definition) is 1. The number of piperazine rings is 1. The lowest BCUT2D eigenvalue weighted by molar-refractivity contribution is 0.313. The molecule has 0 bridgehead atoms. The van der Waals surface area contributed by atoms with E-state index >= 15 is 0 Å². The average Bonchev–Trinajstić information content (AvgIpc) is 3.23. The number of nitrogens with zero attached hydrogens (tertiary/aromatic N) is 4. The van der Waals surface area contributed by atoms with Gasteiger partial charge in [0.15, 0.2) is 5.65 Å². The highest BCUT2D eigenvalue weighted by atomic mass is 32.2. The standard InChI is InChI=1S/C24H25N5S/c1-28-11-13-29(14-12-28)20-7-3-17(4-8-20)19-15-22-23(26-27-24(22)25-16-19)18-5-9-21(30-2)10-6-18/h3-10,15-16H,11-14H2,1-2H3,(H,25,26,27). The van der Waals surface area contributed by atoms with Crippen molar-refractivity contribution in [3.05, 3.63) is 60.8 Å². The first kappa shape index (κ1) is 19.2. The predicted molar refractivity (Wildman–Crippen MR) is 126 cm³/mol. The van der Waals surface area contributed by atoms with Crippen LogP contribution in [-0.2, 0) is 0 Å². The molecule has 5 nitrogen and oxygen atoms in total. The van der Waals surface area contributed by atoms with Gasteiger partial charge in [-0.05, 0) is 49.2 Å². The molecule has 0 spiro atoms. The lowest BCUT2D eigenvalue weighted by atomic mass is 10.0. The summed E-state index contributed by atoms with van der Waals surface area (Å²) in [6.45, 7) is 4.39. The normalized spacial score (nSPS) is 15.1. The van der Waals surface area contributed by atoms with Gasteiger partial charge < -0.3 is 9.80 Å². The number of nitrogens with one attached hydrogen (secondary N) is 1. The van der Waals surface area contributed by atoms with E-state index in [0.29, 0.717) is 0 Å². The molecule has 6 heteroatoms. The van der Waals surface area contributed by atoms with Gasteiger partial charge in [-0.15, -0.1) is 11.8 Å². The van der Waals surface area contributed by atoms with Gasteiger partial charge in [0.1, 0.15) is 5.69 Å². The SMILES string of the molecule is CSc1ccc(-c2n[nH]c3ncc(-c4ccc(N5CCN(C)CC5)cc4)cc23)cc1. The van der Waals surface area contributed by atoms with Crippen molar-refractivity contribution in [2.45, 2.75) is 4.90 Å². The number of benzene rings is 2. The van der Waals surface area contributed by atoms with Crippen molar-refractivity contribution >= 4 is 28.5 Å². The fourth-order valence-electron chi connectivity index (χ4n) is 3.96. The second-order valence-corrected chi connectivity index (χ2v) is 8.64. The highest BCUT2D eigenvalue weighted by molar-refractivity contribution is 7.98. The van der Waals surface area contributed by atoms with Gasteiger partial charge in [-0.1, -0.05) is 24.3 Å². The molecular weight excluding hydrogens is 390 g/mol. The number of aromatic amines is 1. The number of H-pyrrole nitrogens is 1. The maximum atomic E-state index is 4.62. The van der Waals surface area contributed by atoms with Crippen molar-refractivity contribution in [2.24, 2.45) is 0 Å². The van der Waals surface area contributed by atoms with Crippen LogP contribution in [0.2, 0.25) is 0 Å². The first-order chi connectivity index (χ1) is 14.7. The van der Waals surface area contributed by atoms with Crippen LogP contribution in [0.4, 0.5) is 5.69 Å². The van der Waals surface area contributed by atoms with E-state index in [2.05, 4.69) is 92.9 Å². The van der Waals surface area contributed by atoms with Gasteiger partial charge in [-0.25, -0.2) is 4.98 Å². The van der Waals surface area contributed by atoms with Crippen LogP contribution >= 0.6 is 11.8 Å². The van der Waals surface area contributed by atoms with Crippen LogP contribution in [0.15, 0.2) is 65.7 Å². The number of anilines is 1. The molecule has 2 aromatic heterocycles. The maximum absolute atomic E-state index is 4.62. The van der Waals surface area contributed by atoms with E-state index in [0.717, 1.165) is 54.0 Å².